The van der Waals surface area contributed by atoms with Gasteiger partial charge in [0.25, 0.3) is 0 Å². The summed E-state index contributed by atoms with van der Waals surface area (Å²) in [7, 11) is 0. The predicted octanol–water partition coefficient (Wildman–Crippen LogP) is 1.29. The highest BCUT2D eigenvalue weighted by Crippen LogP contribution is 2.22. The molecule has 0 spiro atoms. The van der Waals surface area contributed by atoms with E-state index in [1.165, 1.54) is 5.57 Å². The molecule has 0 bridgehead atoms. The van der Waals surface area contributed by atoms with Gasteiger partial charge < -0.3 is 10.8 Å². The average Bonchev–Trinajstić information content (AvgIpc) is 2.03. The van der Waals surface area contributed by atoms with E-state index in [1.807, 2.05) is 6.08 Å². The summed E-state index contributed by atoms with van der Waals surface area (Å²) in [6.45, 7) is 0. The SMILES string of the molecule is NC1CCC(=CCC(=O)O)CC1. The van der Waals surface area contributed by atoms with Gasteiger partial charge in [0.15, 0.2) is 0 Å². The van der Waals surface area contributed by atoms with Gasteiger partial charge in [-0.3, -0.25) is 4.79 Å². The summed E-state index contributed by atoms with van der Waals surface area (Å²) in [5, 5.41) is 8.43. The second kappa shape index (κ2) is 4.26. The molecule has 1 aliphatic rings. The van der Waals surface area contributed by atoms with E-state index in [9.17, 15) is 4.79 Å². The van der Waals surface area contributed by atoms with Crippen LogP contribution in [0.25, 0.3) is 0 Å². The molecule has 0 amide bonds. The number of aliphatic carboxylic acids is 1. The van der Waals surface area contributed by atoms with Crippen molar-refractivity contribution in [3.63, 3.8) is 0 Å². The van der Waals surface area contributed by atoms with Gasteiger partial charge in [0.05, 0.1) is 6.42 Å². The number of nitrogens with two attached hydrogens (primary N) is 1. The number of carboxylic acids is 1. The molecule has 0 saturated heterocycles. The minimum atomic E-state index is -0.752. The van der Waals surface area contributed by atoms with Crippen molar-refractivity contribution in [1.82, 2.24) is 0 Å². The van der Waals surface area contributed by atoms with Crippen LogP contribution in [0.5, 0.6) is 0 Å². The van der Waals surface area contributed by atoms with Crippen LogP contribution in [0.1, 0.15) is 32.1 Å². The predicted molar refractivity (Wildman–Crippen MR) is 46.8 cm³/mol. The van der Waals surface area contributed by atoms with E-state index in [2.05, 4.69) is 0 Å². The van der Waals surface area contributed by atoms with Crippen LogP contribution in [0.15, 0.2) is 11.6 Å². The van der Waals surface area contributed by atoms with Crippen LogP contribution in [0, 0.1) is 0 Å². The molecule has 1 fully saturated rings. The summed E-state index contributed by atoms with van der Waals surface area (Å²) < 4.78 is 0. The first-order valence-electron chi connectivity index (χ1n) is 4.34. The topological polar surface area (TPSA) is 63.3 Å². The van der Waals surface area contributed by atoms with Crippen LogP contribution in [0.4, 0.5) is 0 Å². The van der Waals surface area contributed by atoms with E-state index in [4.69, 9.17) is 10.8 Å². The van der Waals surface area contributed by atoms with Gasteiger partial charge in [-0.1, -0.05) is 11.6 Å². The molecule has 68 valence electrons. The monoisotopic (exact) mass is 169 g/mol. The van der Waals surface area contributed by atoms with Crippen LogP contribution >= 0.6 is 0 Å². The van der Waals surface area contributed by atoms with Crippen molar-refractivity contribution in [3.05, 3.63) is 11.6 Å². The van der Waals surface area contributed by atoms with E-state index >= 15 is 0 Å². The van der Waals surface area contributed by atoms with Crippen molar-refractivity contribution < 1.29 is 9.90 Å². The quantitative estimate of drug-likeness (QED) is 0.612. The standard InChI is InChI=1S/C9H15NO2/c10-8-4-1-7(2-5-8)3-6-9(11)12/h3,8H,1-2,4-6,10H2,(H,11,12). The molecule has 0 radical (unpaired) electrons. The first-order valence-corrected chi connectivity index (χ1v) is 4.34. The molecule has 1 saturated carbocycles. The maximum absolute atomic E-state index is 10.2. The Morgan fingerprint density at radius 1 is 1.58 bits per heavy atom. The van der Waals surface area contributed by atoms with Crippen LogP contribution in [0.3, 0.4) is 0 Å². The van der Waals surface area contributed by atoms with Gasteiger partial charge in [-0.25, -0.2) is 0 Å². The zero-order valence-corrected chi connectivity index (χ0v) is 7.12. The molecule has 12 heavy (non-hydrogen) atoms. The molecule has 0 atom stereocenters. The highest BCUT2D eigenvalue weighted by Gasteiger charge is 2.12. The lowest BCUT2D eigenvalue weighted by atomic mass is 9.91. The Kier molecular flexibility index (Phi) is 3.29. The molecule has 3 heteroatoms. The summed E-state index contributed by atoms with van der Waals surface area (Å²) in [5.41, 5.74) is 6.97. The van der Waals surface area contributed by atoms with Crippen LogP contribution < -0.4 is 5.73 Å². The number of rotatable bonds is 2. The minimum Gasteiger partial charge on any atom is -0.481 e. The van der Waals surface area contributed by atoms with E-state index in [1.54, 1.807) is 0 Å². The Balaban J connectivity index is 2.33. The van der Waals surface area contributed by atoms with Crippen molar-refractivity contribution in [2.75, 3.05) is 0 Å². The smallest absolute Gasteiger partial charge is 0.307 e. The average molecular weight is 169 g/mol. The number of hydrogen-bond donors (Lipinski definition) is 2. The van der Waals surface area contributed by atoms with Crippen LogP contribution in [0.2, 0.25) is 0 Å². The van der Waals surface area contributed by atoms with E-state index in [0.29, 0.717) is 6.04 Å². The molecule has 0 aromatic heterocycles. The van der Waals surface area contributed by atoms with Gasteiger partial charge in [0, 0.05) is 6.04 Å². The minimum absolute atomic E-state index is 0.157. The van der Waals surface area contributed by atoms with Gasteiger partial charge >= 0.3 is 5.97 Å². The van der Waals surface area contributed by atoms with Crippen LogP contribution in [-0.2, 0) is 4.79 Å². The number of hydrogen-bond acceptors (Lipinski definition) is 2. The summed E-state index contributed by atoms with van der Waals surface area (Å²) >= 11 is 0. The van der Waals surface area contributed by atoms with Crippen molar-refractivity contribution in [2.24, 2.45) is 5.73 Å². The Hall–Kier alpha value is -0.830. The largest absolute Gasteiger partial charge is 0.481 e. The van der Waals surface area contributed by atoms with E-state index in [0.717, 1.165) is 25.7 Å². The number of carboxylic acid groups (broad SMARTS) is 1. The molecule has 0 aliphatic heterocycles. The zero-order valence-electron chi connectivity index (χ0n) is 7.12. The Bertz CT molecular complexity index is 189. The third-order valence-corrected chi connectivity index (χ3v) is 2.24. The number of allylic oxidation sites excluding steroid dienone is 1. The Labute approximate surface area is 72.3 Å². The first-order chi connectivity index (χ1) is 5.68. The molecule has 0 aromatic rings. The highest BCUT2D eigenvalue weighted by atomic mass is 16.4. The summed E-state index contributed by atoms with van der Waals surface area (Å²) in [4.78, 5) is 10.2. The molecule has 3 N–H and O–H groups in total. The van der Waals surface area contributed by atoms with Gasteiger partial charge in [0.2, 0.25) is 0 Å². The molecule has 1 aliphatic carbocycles. The lowest BCUT2D eigenvalue weighted by molar-refractivity contribution is -0.136. The molecular formula is C9H15NO2. The second-order valence-corrected chi connectivity index (χ2v) is 3.30. The zero-order chi connectivity index (χ0) is 8.97. The maximum atomic E-state index is 10.2. The van der Waals surface area contributed by atoms with Crippen molar-refractivity contribution in [2.45, 2.75) is 38.1 Å². The normalized spacial score (nSPS) is 23.8. The fourth-order valence-corrected chi connectivity index (χ4v) is 1.45. The highest BCUT2D eigenvalue weighted by molar-refractivity contribution is 5.68. The molecule has 0 aromatic carbocycles. The van der Waals surface area contributed by atoms with Crippen molar-refractivity contribution in [1.29, 1.82) is 0 Å². The molecule has 0 heterocycles. The summed E-state index contributed by atoms with van der Waals surface area (Å²) in [6.07, 6.45) is 5.96. The lowest BCUT2D eigenvalue weighted by Crippen LogP contribution is -2.23. The Morgan fingerprint density at radius 3 is 2.67 bits per heavy atom. The third kappa shape index (κ3) is 3.05. The fourth-order valence-electron chi connectivity index (χ4n) is 1.45. The molecule has 0 unspecified atom stereocenters. The van der Waals surface area contributed by atoms with Crippen LogP contribution in [-0.4, -0.2) is 17.1 Å². The third-order valence-electron chi connectivity index (χ3n) is 2.24. The maximum Gasteiger partial charge on any atom is 0.307 e. The van der Waals surface area contributed by atoms with Crippen molar-refractivity contribution >= 4 is 5.97 Å². The van der Waals surface area contributed by atoms with Crippen molar-refractivity contribution in [3.8, 4) is 0 Å². The number of carbonyl (C=O) groups is 1. The summed E-state index contributed by atoms with van der Waals surface area (Å²) in [6, 6.07) is 0.326. The Morgan fingerprint density at radius 2 is 2.17 bits per heavy atom. The second-order valence-electron chi connectivity index (χ2n) is 3.30. The molecule has 3 nitrogen and oxygen atoms in total. The fraction of sp³-hybridized carbons (Fsp3) is 0.667. The van der Waals surface area contributed by atoms with E-state index < -0.39 is 5.97 Å². The van der Waals surface area contributed by atoms with Gasteiger partial charge in [0.1, 0.15) is 0 Å². The molecule has 1 rings (SSSR count). The first kappa shape index (κ1) is 9.26. The summed E-state index contributed by atoms with van der Waals surface area (Å²) in [5.74, 6) is -0.752. The lowest BCUT2D eigenvalue weighted by Gasteiger charge is -2.19. The van der Waals surface area contributed by atoms with Gasteiger partial charge in [-0.05, 0) is 25.7 Å². The van der Waals surface area contributed by atoms with E-state index in [-0.39, 0.29) is 6.42 Å². The van der Waals surface area contributed by atoms with Gasteiger partial charge in [-0.15, -0.1) is 0 Å². The molecular weight excluding hydrogens is 154 g/mol. The van der Waals surface area contributed by atoms with Gasteiger partial charge in [-0.2, -0.15) is 0 Å².